The summed E-state index contributed by atoms with van der Waals surface area (Å²) < 4.78 is 19.1. The summed E-state index contributed by atoms with van der Waals surface area (Å²) in [6.45, 7) is 12.1. The summed E-state index contributed by atoms with van der Waals surface area (Å²) in [6, 6.07) is 20.0. The predicted octanol–water partition coefficient (Wildman–Crippen LogP) is 7.80. The standard InChI is InChI=1S/C34H28Cl2N3O2P/c1-17-7-11-24(12-8-17)38-19(3)28-31(21(38)5)42(41)32-22(6)39(25-13-9-18(2)10-14-25)20(4)29(32)34(28)26-15-23(35)16-27(36)30(26)37-33(34)40/h7-16H,1-6H3/p+1. The monoisotopic (exact) mass is 612 g/mol. The molecule has 1 spiro atoms. The van der Waals surface area contributed by atoms with Gasteiger partial charge in [-0.05, 0) is 77.9 Å². The van der Waals surface area contributed by atoms with Crippen molar-refractivity contribution in [3.05, 3.63) is 121 Å². The molecular weight excluding hydrogens is 584 g/mol. The van der Waals surface area contributed by atoms with Crippen molar-refractivity contribution in [2.24, 2.45) is 0 Å². The third-order valence-electron chi connectivity index (χ3n) is 9.00. The molecule has 0 atom stereocenters. The van der Waals surface area contributed by atoms with E-state index >= 15 is 0 Å². The van der Waals surface area contributed by atoms with Crippen LogP contribution < -0.4 is 15.9 Å². The van der Waals surface area contributed by atoms with Gasteiger partial charge in [0.15, 0.2) is 0 Å². The average molecular weight is 614 g/mol. The SMILES string of the molecule is Cc1ccc(-n2c(C)c3c(c2C)C2(C(=O)Nc4c(Cl)cc(Cl)cc42)c2c(c(C)n(-c4ccc(C)cc4)c2C)[P+]3=O)cc1. The first kappa shape index (κ1) is 27.2. The quantitative estimate of drug-likeness (QED) is 0.207. The molecular formula is C34H29Cl2N3O2P+. The minimum atomic E-state index is -2.05. The van der Waals surface area contributed by atoms with Crippen LogP contribution >= 0.6 is 31.0 Å². The summed E-state index contributed by atoms with van der Waals surface area (Å²) in [5.74, 6) is -0.222. The van der Waals surface area contributed by atoms with Gasteiger partial charge in [-0.1, -0.05) is 63.2 Å². The lowest BCUT2D eigenvalue weighted by atomic mass is 9.69. The van der Waals surface area contributed by atoms with Crippen molar-refractivity contribution in [3.8, 4) is 11.4 Å². The predicted molar refractivity (Wildman–Crippen MR) is 172 cm³/mol. The highest BCUT2D eigenvalue weighted by atomic mass is 35.5. The number of nitrogens with one attached hydrogen (secondary N) is 1. The summed E-state index contributed by atoms with van der Waals surface area (Å²) in [7, 11) is -2.05. The lowest BCUT2D eigenvalue weighted by molar-refractivity contribution is -0.118. The number of halogens is 2. The fraction of sp³-hybridized carbons (Fsp3) is 0.206. The van der Waals surface area contributed by atoms with Gasteiger partial charge >= 0.3 is 7.80 Å². The van der Waals surface area contributed by atoms with Gasteiger partial charge in [-0.3, -0.25) is 4.79 Å². The van der Waals surface area contributed by atoms with E-state index in [9.17, 15) is 9.36 Å². The Kier molecular flexibility index (Phi) is 5.95. The van der Waals surface area contributed by atoms with E-state index in [4.69, 9.17) is 23.2 Å². The van der Waals surface area contributed by atoms with E-state index in [1.165, 1.54) is 0 Å². The highest BCUT2D eigenvalue weighted by molar-refractivity contribution is 7.62. The van der Waals surface area contributed by atoms with Crippen LogP contribution in [-0.2, 0) is 14.8 Å². The van der Waals surface area contributed by atoms with E-state index < -0.39 is 13.2 Å². The molecule has 5 nitrogen and oxygen atoms in total. The van der Waals surface area contributed by atoms with Gasteiger partial charge in [-0.15, -0.1) is 0 Å². The molecule has 8 heteroatoms. The minimum Gasteiger partial charge on any atom is -0.323 e. The highest BCUT2D eigenvalue weighted by Crippen LogP contribution is 2.57. The number of amides is 1. The molecule has 210 valence electrons. The molecule has 0 bridgehead atoms. The van der Waals surface area contributed by atoms with E-state index in [0.717, 1.165) is 56.4 Å². The normalized spacial score (nSPS) is 17.8. The maximum absolute atomic E-state index is 14.9. The van der Waals surface area contributed by atoms with Crippen molar-refractivity contribution in [1.82, 2.24) is 9.13 Å². The van der Waals surface area contributed by atoms with Crippen LogP contribution in [0.15, 0.2) is 60.7 Å². The second-order valence-electron chi connectivity index (χ2n) is 11.4. The number of carbonyl (C=O) groups excluding carboxylic acids is 1. The van der Waals surface area contributed by atoms with Crippen molar-refractivity contribution in [1.29, 1.82) is 0 Å². The zero-order valence-corrected chi connectivity index (χ0v) is 26.6. The number of aryl methyl sites for hydroxylation is 2. The third kappa shape index (κ3) is 3.36. The zero-order chi connectivity index (χ0) is 29.8. The minimum absolute atomic E-state index is 0.222. The van der Waals surface area contributed by atoms with Gasteiger partial charge in [0.05, 0.1) is 33.2 Å². The van der Waals surface area contributed by atoms with Crippen LogP contribution in [0.3, 0.4) is 0 Å². The van der Waals surface area contributed by atoms with Gasteiger partial charge in [0, 0.05) is 33.3 Å². The molecule has 0 unspecified atom stereocenters. The number of nitrogens with zero attached hydrogens (tertiary/aromatic N) is 2. The van der Waals surface area contributed by atoms with E-state index in [0.29, 0.717) is 31.9 Å². The highest BCUT2D eigenvalue weighted by Gasteiger charge is 2.64. The Morgan fingerprint density at radius 3 is 1.60 bits per heavy atom. The smallest absolute Gasteiger partial charge is 0.323 e. The first-order chi connectivity index (χ1) is 20.0. The Balaban J connectivity index is 1.66. The molecule has 1 N–H and O–H groups in total. The van der Waals surface area contributed by atoms with Crippen LogP contribution in [0.5, 0.6) is 0 Å². The van der Waals surface area contributed by atoms with E-state index in [-0.39, 0.29) is 5.91 Å². The zero-order valence-electron chi connectivity index (χ0n) is 24.2. The number of aromatic nitrogens is 2. The largest absolute Gasteiger partial charge is 0.419 e. The number of benzene rings is 3. The summed E-state index contributed by atoms with van der Waals surface area (Å²) in [6.07, 6.45) is 0. The average Bonchev–Trinajstić information content (AvgIpc) is 3.49. The fourth-order valence-electron chi connectivity index (χ4n) is 7.26. The van der Waals surface area contributed by atoms with Gasteiger partial charge in [0.25, 0.3) is 0 Å². The van der Waals surface area contributed by atoms with Gasteiger partial charge in [0.2, 0.25) is 16.5 Å². The number of rotatable bonds is 2. The summed E-state index contributed by atoms with van der Waals surface area (Å²) >= 11 is 13.4. The maximum atomic E-state index is 14.9. The van der Waals surface area contributed by atoms with Crippen molar-refractivity contribution in [3.63, 3.8) is 0 Å². The number of fused-ring (bicyclic) bond motifs is 6. The molecule has 0 saturated carbocycles. The summed E-state index contributed by atoms with van der Waals surface area (Å²) in [5.41, 5.74) is 9.04. The Labute approximate surface area is 255 Å². The molecule has 42 heavy (non-hydrogen) atoms. The van der Waals surface area contributed by atoms with Gasteiger partial charge in [-0.2, -0.15) is 0 Å². The van der Waals surface area contributed by atoms with E-state index in [2.05, 4.69) is 76.8 Å². The molecule has 5 aromatic rings. The maximum Gasteiger partial charge on any atom is 0.419 e. The molecule has 0 saturated heterocycles. The molecule has 2 aliphatic rings. The van der Waals surface area contributed by atoms with Crippen LogP contribution in [0.25, 0.3) is 11.4 Å². The van der Waals surface area contributed by atoms with Crippen molar-refractivity contribution >= 4 is 53.2 Å². The molecule has 1 amide bonds. The molecule has 7 rings (SSSR count). The molecule has 2 aromatic heterocycles. The molecule has 0 fully saturated rings. The van der Waals surface area contributed by atoms with Crippen LogP contribution in [0, 0.1) is 41.5 Å². The number of hydrogen-bond acceptors (Lipinski definition) is 2. The Bertz CT molecular complexity index is 1910. The van der Waals surface area contributed by atoms with Crippen LogP contribution in [0.2, 0.25) is 10.0 Å². The molecule has 4 heterocycles. The Hall–Kier alpha value is -3.63. The second kappa shape index (κ2) is 9.18. The van der Waals surface area contributed by atoms with Gasteiger partial charge in [0.1, 0.15) is 5.41 Å². The molecule has 0 radical (unpaired) electrons. The Morgan fingerprint density at radius 2 is 1.14 bits per heavy atom. The van der Waals surface area contributed by atoms with Gasteiger partial charge in [-0.25, -0.2) is 0 Å². The van der Waals surface area contributed by atoms with Gasteiger partial charge < -0.3 is 14.5 Å². The third-order valence-corrected chi connectivity index (χ3v) is 11.4. The van der Waals surface area contributed by atoms with Crippen molar-refractivity contribution in [2.75, 3.05) is 5.32 Å². The molecule has 0 aliphatic carbocycles. The lowest BCUT2D eigenvalue weighted by Crippen LogP contribution is -2.46. The van der Waals surface area contributed by atoms with Crippen molar-refractivity contribution in [2.45, 2.75) is 47.0 Å². The van der Waals surface area contributed by atoms with E-state index in [1.807, 2.05) is 33.8 Å². The number of hydrogen-bond donors (Lipinski definition) is 1. The number of anilines is 1. The fourth-order valence-corrected chi connectivity index (χ4v) is 9.88. The summed E-state index contributed by atoms with van der Waals surface area (Å²) in [4.78, 5) is 14.7. The van der Waals surface area contributed by atoms with E-state index in [1.54, 1.807) is 6.07 Å². The Morgan fingerprint density at radius 1 is 0.690 bits per heavy atom. The first-order valence-electron chi connectivity index (χ1n) is 13.9. The molecule has 3 aromatic carbocycles. The lowest BCUT2D eigenvalue weighted by Gasteiger charge is -2.30. The number of carbonyl (C=O) groups is 1. The molecule has 2 aliphatic heterocycles. The topological polar surface area (TPSA) is 56.0 Å². The van der Waals surface area contributed by atoms with Crippen molar-refractivity contribution < 1.29 is 9.36 Å². The van der Waals surface area contributed by atoms with Crippen LogP contribution in [0.4, 0.5) is 5.69 Å². The summed E-state index contributed by atoms with van der Waals surface area (Å²) in [5, 5.41) is 5.31. The van der Waals surface area contributed by atoms with Crippen LogP contribution in [-0.4, -0.2) is 15.0 Å². The first-order valence-corrected chi connectivity index (χ1v) is 15.9. The second-order valence-corrected chi connectivity index (χ2v) is 13.8. The van der Waals surface area contributed by atoms with Crippen LogP contribution in [0.1, 0.15) is 50.6 Å².